The number of hydrogen-bond acceptors (Lipinski definition) is 7. The number of carboxylic acids is 1. The molecule has 1 unspecified atom stereocenters. The van der Waals surface area contributed by atoms with Gasteiger partial charge < -0.3 is 29.7 Å². The van der Waals surface area contributed by atoms with E-state index in [-0.39, 0.29) is 23.0 Å². The maximum atomic E-state index is 12.5. The lowest BCUT2D eigenvalue weighted by molar-refractivity contribution is -0.143. The molecule has 0 bridgehead atoms. The van der Waals surface area contributed by atoms with Gasteiger partial charge in [0.25, 0.3) is 5.91 Å². The van der Waals surface area contributed by atoms with Gasteiger partial charge in [-0.15, -0.1) is 0 Å². The summed E-state index contributed by atoms with van der Waals surface area (Å²) in [6, 6.07) is 10.2. The van der Waals surface area contributed by atoms with Gasteiger partial charge in [0.15, 0.2) is 12.4 Å². The van der Waals surface area contributed by atoms with Crippen molar-refractivity contribution in [2.45, 2.75) is 6.04 Å². The fourth-order valence-corrected chi connectivity index (χ4v) is 2.71. The van der Waals surface area contributed by atoms with E-state index in [0.717, 1.165) is 5.56 Å². The quantitative estimate of drug-likeness (QED) is 0.551. The number of nitrogens with one attached hydrogen (secondary N) is 1. The number of carboxylic acid groups (broad SMARTS) is 1. The van der Waals surface area contributed by atoms with E-state index < -0.39 is 31.1 Å². The van der Waals surface area contributed by atoms with E-state index in [9.17, 15) is 14.4 Å². The van der Waals surface area contributed by atoms with Gasteiger partial charge in [-0.25, -0.2) is 4.79 Å². The molecular weight excluding hydrogens is 394 g/mol. The van der Waals surface area contributed by atoms with Crippen LogP contribution < -0.4 is 19.5 Å². The molecule has 0 fully saturated rings. The molecule has 0 radical (unpaired) electrons. The first-order valence-corrected chi connectivity index (χ1v) is 8.89. The van der Waals surface area contributed by atoms with Gasteiger partial charge in [0.1, 0.15) is 23.3 Å². The lowest BCUT2D eigenvalue weighted by Gasteiger charge is -2.12. The summed E-state index contributed by atoms with van der Waals surface area (Å²) in [5.74, 6) is -1.03. The molecule has 0 spiro atoms. The number of hydrogen-bond donors (Lipinski definition) is 3. The van der Waals surface area contributed by atoms with Crippen LogP contribution in [-0.4, -0.2) is 54.2 Å². The van der Waals surface area contributed by atoms with Crippen LogP contribution in [0.25, 0.3) is 6.08 Å². The zero-order chi connectivity index (χ0) is 21.7. The van der Waals surface area contributed by atoms with Crippen molar-refractivity contribution in [3.63, 3.8) is 0 Å². The topological polar surface area (TPSA) is 131 Å². The Morgan fingerprint density at radius 3 is 2.70 bits per heavy atom. The lowest BCUT2D eigenvalue weighted by atomic mass is 10.1. The summed E-state index contributed by atoms with van der Waals surface area (Å²) in [6.45, 7) is -1.21. The number of Topliss-reactive ketones (excluding diaryl/α,β-unsaturated/α-hetero) is 1. The maximum absolute atomic E-state index is 12.5. The van der Waals surface area contributed by atoms with Gasteiger partial charge in [-0.2, -0.15) is 0 Å². The molecule has 156 valence electrons. The minimum Gasteiger partial charge on any atom is -0.497 e. The maximum Gasteiger partial charge on any atom is 0.328 e. The number of ether oxygens (including phenoxy) is 3. The fraction of sp³-hybridized carbons (Fsp3) is 0.190. The highest BCUT2D eigenvalue weighted by Gasteiger charge is 2.28. The Kier molecular flexibility index (Phi) is 6.33. The standard InChI is InChI=1S/C21H19NO8/c1-28-13-4-2-3-12(7-13)8-18-20(25)15-6-5-14(9-17(15)30-18)29-11-19(24)22-16(10-23)21(26)27/h2-9,16,23H,10-11H2,1H3,(H,22,24)(H,26,27). The molecule has 2 aromatic rings. The molecule has 30 heavy (non-hydrogen) atoms. The summed E-state index contributed by atoms with van der Waals surface area (Å²) in [5, 5.41) is 19.9. The highest BCUT2D eigenvalue weighted by atomic mass is 16.5. The molecule has 1 aliphatic heterocycles. The van der Waals surface area contributed by atoms with Crippen molar-refractivity contribution in [3.05, 3.63) is 59.4 Å². The Balaban J connectivity index is 1.67. The second-order valence-electron chi connectivity index (χ2n) is 6.30. The third-order valence-corrected chi connectivity index (χ3v) is 4.22. The number of aliphatic carboxylic acids is 1. The van der Waals surface area contributed by atoms with Crippen LogP contribution in [0.3, 0.4) is 0 Å². The largest absolute Gasteiger partial charge is 0.497 e. The summed E-state index contributed by atoms with van der Waals surface area (Å²) in [7, 11) is 1.55. The molecule has 3 N–H and O–H groups in total. The van der Waals surface area contributed by atoms with Gasteiger partial charge in [-0.05, 0) is 35.9 Å². The number of amides is 1. The fourth-order valence-electron chi connectivity index (χ4n) is 2.71. The molecule has 1 aliphatic rings. The van der Waals surface area contributed by atoms with Crippen LogP contribution in [0.1, 0.15) is 15.9 Å². The molecular formula is C21H19NO8. The van der Waals surface area contributed by atoms with Crippen LogP contribution in [0.2, 0.25) is 0 Å². The highest BCUT2D eigenvalue weighted by molar-refractivity contribution is 6.14. The van der Waals surface area contributed by atoms with Crippen molar-refractivity contribution in [3.8, 4) is 17.2 Å². The average molecular weight is 413 g/mol. The highest BCUT2D eigenvalue weighted by Crippen LogP contribution is 2.35. The Morgan fingerprint density at radius 1 is 1.20 bits per heavy atom. The molecule has 0 aliphatic carbocycles. The number of methoxy groups -OCH3 is 1. The predicted molar refractivity (Wildman–Crippen MR) is 105 cm³/mol. The Bertz CT molecular complexity index is 1010. The molecule has 1 atom stereocenters. The van der Waals surface area contributed by atoms with E-state index in [1.807, 2.05) is 0 Å². The van der Waals surface area contributed by atoms with E-state index >= 15 is 0 Å². The minimum absolute atomic E-state index is 0.139. The van der Waals surface area contributed by atoms with E-state index in [2.05, 4.69) is 5.32 Å². The Hall–Kier alpha value is -3.85. The lowest BCUT2D eigenvalue weighted by Crippen LogP contribution is -2.45. The average Bonchev–Trinajstić information content (AvgIpc) is 3.05. The van der Waals surface area contributed by atoms with Crippen LogP contribution in [0, 0.1) is 0 Å². The first-order chi connectivity index (χ1) is 14.4. The molecule has 2 aromatic carbocycles. The summed E-state index contributed by atoms with van der Waals surface area (Å²) >= 11 is 0. The second-order valence-corrected chi connectivity index (χ2v) is 6.30. The Labute approximate surface area is 171 Å². The molecule has 1 heterocycles. The first-order valence-electron chi connectivity index (χ1n) is 8.89. The van der Waals surface area contributed by atoms with Gasteiger partial charge in [0.05, 0.1) is 19.3 Å². The van der Waals surface area contributed by atoms with E-state index in [0.29, 0.717) is 11.3 Å². The summed E-state index contributed by atoms with van der Waals surface area (Å²) < 4.78 is 16.1. The van der Waals surface area contributed by atoms with Crippen LogP contribution in [0.15, 0.2) is 48.2 Å². The Morgan fingerprint density at radius 2 is 2.00 bits per heavy atom. The smallest absolute Gasteiger partial charge is 0.328 e. The zero-order valence-electron chi connectivity index (χ0n) is 16.0. The van der Waals surface area contributed by atoms with Crippen molar-refractivity contribution in [1.82, 2.24) is 5.32 Å². The van der Waals surface area contributed by atoms with Gasteiger partial charge in [0.2, 0.25) is 5.78 Å². The van der Waals surface area contributed by atoms with Gasteiger partial charge in [0, 0.05) is 6.07 Å². The van der Waals surface area contributed by atoms with E-state index in [1.54, 1.807) is 37.5 Å². The first kappa shape index (κ1) is 20.9. The summed E-state index contributed by atoms with van der Waals surface area (Å²) in [6.07, 6.45) is 1.60. The molecule has 9 nitrogen and oxygen atoms in total. The summed E-state index contributed by atoms with van der Waals surface area (Å²) in [5.41, 5.74) is 1.09. The third kappa shape index (κ3) is 4.76. The number of allylic oxidation sites excluding steroid dienone is 1. The number of aliphatic hydroxyl groups is 1. The number of benzene rings is 2. The van der Waals surface area contributed by atoms with Crippen LogP contribution >= 0.6 is 0 Å². The number of aliphatic hydroxyl groups excluding tert-OH is 1. The van der Waals surface area contributed by atoms with Crippen LogP contribution in [0.4, 0.5) is 0 Å². The number of ketones is 1. The van der Waals surface area contributed by atoms with Gasteiger partial charge in [-0.1, -0.05) is 12.1 Å². The normalized spacial score (nSPS) is 14.6. The predicted octanol–water partition coefficient (Wildman–Crippen LogP) is 1.25. The zero-order valence-corrected chi connectivity index (χ0v) is 16.0. The van der Waals surface area contributed by atoms with E-state index in [1.165, 1.54) is 18.2 Å². The molecule has 9 heteroatoms. The number of carbonyl (C=O) groups excluding carboxylic acids is 2. The van der Waals surface area contributed by atoms with Crippen molar-refractivity contribution in [1.29, 1.82) is 0 Å². The molecule has 3 rings (SSSR count). The molecule has 1 amide bonds. The minimum atomic E-state index is -1.41. The molecule has 0 aromatic heterocycles. The number of rotatable bonds is 8. The summed E-state index contributed by atoms with van der Waals surface area (Å²) in [4.78, 5) is 35.1. The second kappa shape index (κ2) is 9.10. The van der Waals surface area contributed by atoms with Crippen LogP contribution in [0.5, 0.6) is 17.2 Å². The van der Waals surface area contributed by atoms with Gasteiger partial charge >= 0.3 is 5.97 Å². The molecule has 0 saturated heterocycles. The number of fused-ring (bicyclic) bond motifs is 1. The van der Waals surface area contributed by atoms with Crippen molar-refractivity contribution < 1.29 is 38.8 Å². The van der Waals surface area contributed by atoms with Crippen LogP contribution in [-0.2, 0) is 9.59 Å². The van der Waals surface area contributed by atoms with Gasteiger partial charge in [-0.3, -0.25) is 9.59 Å². The SMILES string of the molecule is COc1cccc(C=C2Oc3cc(OCC(=O)NC(CO)C(=O)O)ccc3C2=O)c1. The van der Waals surface area contributed by atoms with E-state index in [4.69, 9.17) is 24.4 Å². The van der Waals surface area contributed by atoms with Crippen molar-refractivity contribution in [2.24, 2.45) is 0 Å². The van der Waals surface area contributed by atoms with Crippen molar-refractivity contribution in [2.75, 3.05) is 20.3 Å². The third-order valence-electron chi connectivity index (χ3n) is 4.22. The monoisotopic (exact) mass is 413 g/mol. The van der Waals surface area contributed by atoms with Crippen molar-refractivity contribution >= 4 is 23.7 Å². The number of carbonyl (C=O) groups is 3. The molecule has 0 saturated carbocycles.